The highest BCUT2D eigenvalue weighted by Crippen LogP contribution is 2.25. The Morgan fingerprint density at radius 3 is 2.77 bits per heavy atom. The van der Waals surface area contributed by atoms with Crippen molar-refractivity contribution in [3.8, 4) is 11.8 Å². The molecule has 0 aliphatic carbocycles. The fourth-order valence-corrected chi connectivity index (χ4v) is 3.49. The van der Waals surface area contributed by atoms with Crippen LogP contribution in [0.15, 0.2) is 51.7 Å². The maximum absolute atomic E-state index is 12.5. The molecule has 6 nitrogen and oxygen atoms in total. The zero-order valence-corrected chi connectivity index (χ0v) is 17.9. The van der Waals surface area contributed by atoms with Crippen molar-refractivity contribution in [1.29, 1.82) is 5.26 Å². The molecule has 0 unspecified atom stereocenters. The number of rotatable bonds is 9. The van der Waals surface area contributed by atoms with Crippen LogP contribution in [0.1, 0.15) is 49.3 Å². The molecule has 0 spiro atoms. The van der Waals surface area contributed by atoms with Gasteiger partial charge < -0.3 is 14.5 Å². The molecule has 3 aromatic rings. The largest absolute Gasteiger partial charge is 0.484 e. The number of ether oxygens (including phenoxy) is 1. The van der Waals surface area contributed by atoms with Crippen molar-refractivity contribution in [2.75, 3.05) is 11.9 Å². The van der Waals surface area contributed by atoms with Gasteiger partial charge in [0.15, 0.2) is 6.61 Å². The predicted octanol–water partition coefficient (Wildman–Crippen LogP) is 5.11. The van der Waals surface area contributed by atoms with Gasteiger partial charge in [0.2, 0.25) is 0 Å². The minimum absolute atomic E-state index is 0.207. The standard InChI is InChI=1S/C25H26N2O4/c1-3-4-5-6-10-22-17(2)21-12-11-20(14-23(21)31-25(22)29)30-16-24(28)27-19-9-7-8-18(13-19)15-26/h7-9,11-14H,3-6,10,16H2,1-2H3,(H,27,28). The Labute approximate surface area is 181 Å². The molecule has 0 radical (unpaired) electrons. The van der Waals surface area contributed by atoms with Gasteiger partial charge in [-0.05, 0) is 55.7 Å². The van der Waals surface area contributed by atoms with Crippen molar-refractivity contribution in [1.82, 2.24) is 0 Å². The monoisotopic (exact) mass is 418 g/mol. The molecular weight excluding hydrogens is 392 g/mol. The summed E-state index contributed by atoms with van der Waals surface area (Å²) in [7, 11) is 0. The topological polar surface area (TPSA) is 92.3 Å². The summed E-state index contributed by atoms with van der Waals surface area (Å²) in [5.41, 5.74) is 2.79. The first-order valence-corrected chi connectivity index (χ1v) is 10.5. The van der Waals surface area contributed by atoms with Crippen molar-refractivity contribution >= 4 is 22.6 Å². The molecule has 0 saturated carbocycles. The number of hydrogen-bond donors (Lipinski definition) is 1. The number of anilines is 1. The maximum Gasteiger partial charge on any atom is 0.339 e. The van der Waals surface area contributed by atoms with Crippen LogP contribution in [-0.2, 0) is 11.2 Å². The number of benzene rings is 2. The molecule has 1 N–H and O–H groups in total. The van der Waals surface area contributed by atoms with Crippen LogP contribution in [0.2, 0.25) is 0 Å². The number of nitrogens with zero attached hydrogens (tertiary/aromatic N) is 1. The van der Waals surface area contributed by atoms with E-state index in [0.29, 0.717) is 22.6 Å². The molecule has 0 aliphatic rings. The van der Waals surface area contributed by atoms with Crippen LogP contribution in [0.25, 0.3) is 11.0 Å². The van der Waals surface area contributed by atoms with Gasteiger partial charge in [0.25, 0.3) is 5.91 Å². The van der Waals surface area contributed by atoms with Crippen LogP contribution in [0, 0.1) is 18.3 Å². The Morgan fingerprint density at radius 2 is 2.00 bits per heavy atom. The highest BCUT2D eigenvalue weighted by atomic mass is 16.5. The SMILES string of the molecule is CCCCCCc1c(C)c2ccc(OCC(=O)Nc3cccc(C#N)c3)cc2oc1=O. The van der Waals surface area contributed by atoms with Gasteiger partial charge >= 0.3 is 5.63 Å². The second-order valence-corrected chi connectivity index (χ2v) is 7.49. The fraction of sp³-hybridized carbons (Fsp3) is 0.320. The van der Waals surface area contributed by atoms with E-state index in [-0.39, 0.29) is 18.1 Å². The second kappa shape index (κ2) is 10.4. The molecule has 160 valence electrons. The molecule has 6 heteroatoms. The fourth-order valence-electron chi connectivity index (χ4n) is 3.49. The van der Waals surface area contributed by atoms with E-state index in [1.165, 1.54) is 0 Å². The lowest BCUT2D eigenvalue weighted by atomic mass is 10.0. The van der Waals surface area contributed by atoms with Gasteiger partial charge in [-0.3, -0.25) is 4.79 Å². The predicted molar refractivity (Wildman–Crippen MR) is 120 cm³/mol. The first-order chi connectivity index (χ1) is 15.0. The van der Waals surface area contributed by atoms with Gasteiger partial charge in [0, 0.05) is 22.7 Å². The molecule has 1 heterocycles. The summed E-state index contributed by atoms with van der Waals surface area (Å²) in [6.07, 6.45) is 5.10. The number of fused-ring (bicyclic) bond motifs is 1. The summed E-state index contributed by atoms with van der Waals surface area (Å²) in [4.78, 5) is 24.6. The van der Waals surface area contributed by atoms with Crippen LogP contribution in [0.3, 0.4) is 0 Å². The molecule has 1 aromatic heterocycles. The average Bonchev–Trinajstić information content (AvgIpc) is 2.77. The minimum Gasteiger partial charge on any atom is -0.484 e. The molecule has 0 saturated heterocycles. The van der Waals surface area contributed by atoms with Crippen molar-refractivity contribution in [2.45, 2.75) is 46.0 Å². The van der Waals surface area contributed by atoms with Gasteiger partial charge in [0.1, 0.15) is 11.3 Å². The third-order valence-corrected chi connectivity index (χ3v) is 5.18. The van der Waals surface area contributed by atoms with Crippen molar-refractivity contribution in [3.05, 3.63) is 69.6 Å². The Bertz CT molecular complexity index is 1170. The van der Waals surface area contributed by atoms with Gasteiger partial charge in [-0.1, -0.05) is 32.3 Å². The molecule has 2 aromatic carbocycles. The van der Waals surface area contributed by atoms with Crippen molar-refractivity contribution in [2.24, 2.45) is 0 Å². The highest BCUT2D eigenvalue weighted by Gasteiger charge is 2.12. The smallest absolute Gasteiger partial charge is 0.339 e. The van der Waals surface area contributed by atoms with E-state index in [4.69, 9.17) is 14.4 Å². The number of unbranched alkanes of at least 4 members (excludes halogenated alkanes) is 3. The summed E-state index contributed by atoms with van der Waals surface area (Å²) >= 11 is 0. The van der Waals surface area contributed by atoms with Crippen LogP contribution in [0.5, 0.6) is 5.75 Å². The lowest BCUT2D eigenvalue weighted by Crippen LogP contribution is -2.20. The first-order valence-electron chi connectivity index (χ1n) is 10.5. The number of nitrogens with one attached hydrogen (secondary N) is 1. The quantitative estimate of drug-likeness (QED) is 0.385. The summed E-state index contributed by atoms with van der Waals surface area (Å²) in [5, 5.41) is 12.5. The zero-order valence-electron chi connectivity index (χ0n) is 17.9. The highest BCUT2D eigenvalue weighted by molar-refractivity contribution is 5.92. The van der Waals surface area contributed by atoms with E-state index < -0.39 is 0 Å². The van der Waals surface area contributed by atoms with E-state index in [0.717, 1.165) is 48.6 Å². The van der Waals surface area contributed by atoms with E-state index in [2.05, 4.69) is 12.2 Å². The second-order valence-electron chi connectivity index (χ2n) is 7.49. The van der Waals surface area contributed by atoms with Crippen LogP contribution in [0.4, 0.5) is 5.69 Å². The van der Waals surface area contributed by atoms with Gasteiger partial charge in [-0.15, -0.1) is 0 Å². The Kier molecular flexibility index (Phi) is 7.45. The van der Waals surface area contributed by atoms with Gasteiger partial charge in [-0.2, -0.15) is 5.26 Å². The zero-order chi connectivity index (χ0) is 22.2. The van der Waals surface area contributed by atoms with E-state index >= 15 is 0 Å². The molecule has 0 aliphatic heterocycles. The van der Waals surface area contributed by atoms with Crippen LogP contribution in [-0.4, -0.2) is 12.5 Å². The summed E-state index contributed by atoms with van der Waals surface area (Å²) < 4.78 is 11.1. The number of nitriles is 1. The lowest BCUT2D eigenvalue weighted by molar-refractivity contribution is -0.118. The first kappa shape index (κ1) is 22.1. The number of aryl methyl sites for hydroxylation is 1. The van der Waals surface area contributed by atoms with Gasteiger partial charge in [-0.25, -0.2) is 4.79 Å². The molecular formula is C25H26N2O4. The molecule has 0 bridgehead atoms. The van der Waals surface area contributed by atoms with E-state index in [1.807, 2.05) is 19.1 Å². The molecule has 1 amide bonds. The Morgan fingerprint density at radius 1 is 1.16 bits per heavy atom. The minimum atomic E-state index is -0.352. The number of carbonyl (C=O) groups is 1. The van der Waals surface area contributed by atoms with Crippen LogP contribution >= 0.6 is 0 Å². The number of hydrogen-bond acceptors (Lipinski definition) is 5. The molecule has 3 rings (SSSR count). The summed E-state index contributed by atoms with van der Waals surface area (Å²) in [5.74, 6) is 0.0851. The molecule has 0 fully saturated rings. The lowest BCUT2D eigenvalue weighted by Gasteiger charge is -2.10. The van der Waals surface area contributed by atoms with E-state index in [1.54, 1.807) is 36.4 Å². The van der Waals surface area contributed by atoms with Crippen molar-refractivity contribution in [3.63, 3.8) is 0 Å². The number of carbonyl (C=O) groups excluding carboxylic acids is 1. The Balaban J connectivity index is 1.67. The Hall–Kier alpha value is -3.59. The average molecular weight is 418 g/mol. The van der Waals surface area contributed by atoms with Crippen molar-refractivity contribution < 1.29 is 13.9 Å². The summed E-state index contributed by atoms with van der Waals surface area (Å²) in [6.45, 7) is 3.89. The summed E-state index contributed by atoms with van der Waals surface area (Å²) in [6, 6.07) is 13.9. The van der Waals surface area contributed by atoms with Gasteiger partial charge in [0.05, 0.1) is 11.6 Å². The molecule has 0 atom stereocenters. The normalized spacial score (nSPS) is 10.6. The molecule has 31 heavy (non-hydrogen) atoms. The number of amides is 1. The third kappa shape index (κ3) is 5.73. The van der Waals surface area contributed by atoms with E-state index in [9.17, 15) is 9.59 Å². The maximum atomic E-state index is 12.5. The third-order valence-electron chi connectivity index (χ3n) is 5.18. The van der Waals surface area contributed by atoms with Crippen LogP contribution < -0.4 is 15.7 Å².